The number of hydrogen-bond donors (Lipinski definition) is 4. The van der Waals surface area contributed by atoms with Crippen molar-refractivity contribution in [2.75, 3.05) is 13.7 Å². The Morgan fingerprint density at radius 1 is 1.21 bits per heavy atom. The zero-order valence-corrected chi connectivity index (χ0v) is 18.8. The molecule has 33 heavy (non-hydrogen) atoms. The molecule has 0 unspecified atom stereocenters. The molecule has 1 aromatic heterocycles. The number of carbonyl (C=O) groups is 2. The van der Waals surface area contributed by atoms with Gasteiger partial charge in [0.2, 0.25) is 0 Å². The molecule has 0 aliphatic carbocycles. The van der Waals surface area contributed by atoms with Gasteiger partial charge in [-0.2, -0.15) is 5.10 Å². The highest BCUT2D eigenvalue weighted by atomic mass is 16.5. The van der Waals surface area contributed by atoms with Crippen LogP contribution in [0.3, 0.4) is 0 Å². The van der Waals surface area contributed by atoms with Gasteiger partial charge in [0, 0.05) is 23.5 Å². The third-order valence-corrected chi connectivity index (χ3v) is 4.85. The fourth-order valence-corrected chi connectivity index (χ4v) is 3.18. The molecule has 0 fully saturated rings. The molecular formula is C24H28N4O5. The summed E-state index contributed by atoms with van der Waals surface area (Å²) in [6.07, 6.45) is 2.81. The number of fused-ring (bicyclic) bond motifs is 1. The van der Waals surface area contributed by atoms with Crippen LogP contribution < -0.4 is 15.5 Å². The third kappa shape index (κ3) is 6.49. The minimum Gasteiger partial charge on any atom is -0.504 e. The Balaban J connectivity index is 1.73. The number of amides is 2. The number of ether oxygens (including phenoxy) is 2. The van der Waals surface area contributed by atoms with Crippen LogP contribution in [-0.2, 0) is 16.0 Å². The summed E-state index contributed by atoms with van der Waals surface area (Å²) in [7, 11) is 1.44. The Bertz CT molecular complexity index is 1140. The van der Waals surface area contributed by atoms with Gasteiger partial charge in [-0.3, -0.25) is 4.79 Å². The molecule has 3 aromatic rings. The number of alkyl carbamates (subject to hydrolysis) is 1. The second-order valence-corrected chi connectivity index (χ2v) is 7.92. The zero-order valence-electron chi connectivity index (χ0n) is 18.8. The van der Waals surface area contributed by atoms with Crippen LogP contribution in [0.5, 0.6) is 11.5 Å². The number of aromatic amines is 1. The number of benzene rings is 2. The highest BCUT2D eigenvalue weighted by molar-refractivity contribution is 5.89. The molecule has 2 aromatic carbocycles. The maximum absolute atomic E-state index is 12.9. The lowest BCUT2D eigenvalue weighted by atomic mass is 10.0. The van der Waals surface area contributed by atoms with Crippen LogP contribution in [0.2, 0.25) is 0 Å². The number of nitrogens with one attached hydrogen (secondary N) is 3. The van der Waals surface area contributed by atoms with Crippen LogP contribution >= 0.6 is 0 Å². The third-order valence-electron chi connectivity index (χ3n) is 4.85. The van der Waals surface area contributed by atoms with E-state index in [1.807, 2.05) is 44.3 Å². The first-order chi connectivity index (χ1) is 15.9. The summed E-state index contributed by atoms with van der Waals surface area (Å²) in [6, 6.07) is 11.5. The van der Waals surface area contributed by atoms with Crippen molar-refractivity contribution in [2.45, 2.75) is 26.3 Å². The molecule has 0 spiro atoms. The number of H-pyrrole nitrogens is 1. The first-order valence-electron chi connectivity index (χ1n) is 10.6. The Hall–Kier alpha value is -4.01. The van der Waals surface area contributed by atoms with Gasteiger partial charge in [0.15, 0.2) is 11.5 Å². The van der Waals surface area contributed by atoms with Crippen molar-refractivity contribution in [3.63, 3.8) is 0 Å². The lowest BCUT2D eigenvalue weighted by molar-refractivity contribution is -0.123. The topological polar surface area (TPSA) is 125 Å². The number of nitrogens with zero attached hydrogens (tertiary/aromatic N) is 1. The van der Waals surface area contributed by atoms with Crippen molar-refractivity contribution in [1.29, 1.82) is 0 Å². The molecule has 0 aliphatic rings. The average Bonchev–Trinajstić information content (AvgIpc) is 3.21. The minimum absolute atomic E-state index is 0.00147. The number of rotatable bonds is 9. The molecule has 174 valence electrons. The molecular weight excluding hydrogens is 424 g/mol. The fraction of sp³-hybridized carbons (Fsp3) is 0.292. The average molecular weight is 453 g/mol. The van der Waals surface area contributed by atoms with Crippen LogP contribution in [0.15, 0.2) is 53.8 Å². The monoisotopic (exact) mass is 452 g/mol. The van der Waals surface area contributed by atoms with E-state index in [1.54, 1.807) is 12.1 Å². The predicted octanol–water partition coefficient (Wildman–Crippen LogP) is 3.33. The molecule has 9 heteroatoms. The van der Waals surface area contributed by atoms with Crippen LogP contribution in [0, 0.1) is 5.92 Å². The Labute approximate surface area is 191 Å². The standard InChI is InChI=1S/C24H28N4O5/c1-15(2)14-33-24(31)27-20(11-17-13-25-19-7-5-4-6-18(17)19)23(30)28-26-12-16-8-9-21(29)22(10-16)32-3/h4-10,12-13,15,20,25,29H,11,14H2,1-3H3,(H,27,31)(H,28,30)/b26-12-/t20-/m1/s1. The molecule has 4 N–H and O–H groups in total. The van der Waals surface area contributed by atoms with E-state index in [0.717, 1.165) is 16.5 Å². The largest absolute Gasteiger partial charge is 0.504 e. The Morgan fingerprint density at radius 2 is 2.00 bits per heavy atom. The molecule has 0 saturated heterocycles. The second-order valence-electron chi connectivity index (χ2n) is 7.92. The lowest BCUT2D eigenvalue weighted by Gasteiger charge is -2.17. The molecule has 0 radical (unpaired) electrons. The number of hydrazone groups is 1. The highest BCUT2D eigenvalue weighted by Crippen LogP contribution is 2.25. The summed E-state index contributed by atoms with van der Waals surface area (Å²) >= 11 is 0. The van der Waals surface area contributed by atoms with Crippen LogP contribution in [0.1, 0.15) is 25.0 Å². The van der Waals surface area contributed by atoms with Crippen molar-refractivity contribution in [3.8, 4) is 11.5 Å². The summed E-state index contributed by atoms with van der Waals surface area (Å²) in [5.41, 5.74) is 4.89. The van der Waals surface area contributed by atoms with E-state index in [9.17, 15) is 14.7 Å². The van der Waals surface area contributed by atoms with E-state index in [1.165, 1.54) is 19.4 Å². The van der Waals surface area contributed by atoms with Gasteiger partial charge in [0.05, 0.1) is 19.9 Å². The zero-order chi connectivity index (χ0) is 23.8. The van der Waals surface area contributed by atoms with Crippen molar-refractivity contribution in [3.05, 3.63) is 59.8 Å². The number of aromatic nitrogens is 1. The number of phenols is 1. The molecule has 0 aliphatic heterocycles. The van der Waals surface area contributed by atoms with Crippen LogP contribution in [0.25, 0.3) is 10.9 Å². The fourth-order valence-electron chi connectivity index (χ4n) is 3.18. The lowest BCUT2D eigenvalue weighted by Crippen LogP contribution is -2.47. The molecule has 0 bridgehead atoms. The van der Waals surface area contributed by atoms with Gasteiger partial charge in [-0.15, -0.1) is 0 Å². The molecule has 1 heterocycles. The Kier molecular flexibility index (Phi) is 7.91. The number of methoxy groups -OCH3 is 1. The van der Waals surface area contributed by atoms with Crippen molar-refractivity contribution in [1.82, 2.24) is 15.7 Å². The summed E-state index contributed by atoms with van der Waals surface area (Å²) in [5, 5.41) is 17.3. The molecule has 9 nitrogen and oxygen atoms in total. The molecule has 0 saturated carbocycles. The van der Waals surface area contributed by atoms with Gasteiger partial charge in [0.1, 0.15) is 6.04 Å². The maximum atomic E-state index is 12.9. The summed E-state index contributed by atoms with van der Waals surface area (Å²) in [6.45, 7) is 4.10. The summed E-state index contributed by atoms with van der Waals surface area (Å²) in [5.74, 6) is -0.0361. The maximum Gasteiger partial charge on any atom is 0.407 e. The number of aromatic hydroxyl groups is 1. The van der Waals surface area contributed by atoms with Crippen molar-refractivity contribution < 1.29 is 24.2 Å². The SMILES string of the molecule is COc1cc(/C=N\NC(=O)[C@@H](Cc2c[nH]c3ccccc23)NC(=O)OCC(C)C)ccc1O. The van der Waals surface area contributed by atoms with E-state index in [0.29, 0.717) is 5.56 Å². The summed E-state index contributed by atoms with van der Waals surface area (Å²) in [4.78, 5) is 28.3. The first-order valence-corrected chi connectivity index (χ1v) is 10.6. The second kappa shape index (κ2) is 11.0. The van der Waals surface area contributed by atoms with Gasteiger partial charge in [-0.25, -0.2) is 10.2 Å². The van der Waals surface area contributed by atoms with E-state index in [2.05, 4.69) is 20.8 Å². The highest BCUT2D eigenvalue weighted by Gasteiger charge is 2.23. The van der Waals surface area contributed by atoms with Gasteiger partial charge < -0.3 is 24.9 Å². The Morgan fingerprint density at radius 3 is 2.76 bits per heavy atom. The quantitative estimate of drug-likeness (QED) is 0.293. The summed E-state index contributed by atoms with van der Waals surface area (Å²) < 4.78 is 10.3. The number of carbonyl (C=O) groups excluding carboxylic acids is 2. The smallest absolute Gasteiger partial charge is 0.407 e. The van der Waals surface area contributed by atoms with Crippen LogP contribution in [0.4, 0.5) is 4.79 Å². The number of phenolic OH excluding ortho intramolecular Hbond substituents is 1. The van der Waals surface area contributed by atoms with Gasteiger partial charge in [-0.05, 0) is 41.3 Å². The van der Waals surface area contributed by atoms with Crippen molar-refractivity contribution in [2.24, 2.45) is 11.0 Å². The van der Waals surface area contributed by atoms with Crippen molar-refractivity contribution >= 4 is 29.1 Å². The van der Waals surface area contributed by atoms with Gasteiger partial charge >= 0.3 is 6.09 Å². The molecule has 3 rings (SSSR count). The minimum atomic E-state index is -0.907. The van der Waals surface area contributed by atoms with Crippen LogP contribution in [-0.4, -0.2) is 48.1 Å². The van der Waals surface area contributed by atoms with E-state index in [4.69, 9.17) is 9.47 Å². The van der Waals surface area contributed by atoms with Gasteiger partial charge in [0.25, 0.3) is 5.91 Å². The molecule has 2 amide bonds. The first kappa shape index (κ1) is 23.6. The van der Waals surface area contributed by atoms with E-state index in [-0.39, 0.29) is 30.4 Å². The normalized spacial score (nSPS) is 12.1. The number of hydrogen-bond acceptors (Lipinski definition) is 6. The number of para-hydroxylation sites is 1. The molecule has 1 atom stereocenters. The van der Waals surface area contributed by atoms with Gasteiger partial charge in [-0.1, -0.05) is 32.0 Å². The predicted molar refractivity (Wildman–Crippen MR) is 126 cm³/mol. The van der Waals surface area contributed by atoms with E-state index >= 15 is 0 Å². The van der Waals surface area contributed by atoms with E-state index < -0.39 is 18.0 Å².